The molecule has 0 fully saturated rings. The van der Waals surface area contributed by atoms with E-state index in [1.54, 1.807) is 0 Å². The zero-order valence-electron chi connectivity index (χ0n) is 14.4. The summed E-state index contributed by atoms with van der Waals surface area (Å²) >= 11 is 1.44. The van der Waals surface area contributed by atoms with E-state index in [-0.39, 0.29) is 17.9 Å². The second-order valence-corrected chi connectivity index (χ2v) is 6.83. The van der Waals surface area contributed by atoms with Gasteiger partial charge in [-0.2, -0.15) is 0 Å². The highest BCUT2D eigenvalue weighted by Gasteiger charge is 2.40. The molecule has 2 aromatic rings. The highest BCUT2D eigenvalue weighted by Crippen LogP contribution is 2.34. The van der Waals surface area contributed by atoms with Crippen LogP contribution < -0.4 is 10.1 Å². The zero-order chi connectivity index (χ0) is 18.0. The van der Waals surface area contributed by atoms with Gasteiger partial charge < -0.3 is 10.1 Å². The molecule has 25 heavy (non-hydrogen) atoms. The van der Waals surface area contributed by atoms with Crippen molar-refractivity contribution < 1.29 is 14.3 Å². The van der Waals surface area contributed by atoms with Crippen LogP contribution in [0.2, 0.25) is 0 Å². The fourth-order valence-corrected chi connectivity index (χ4v) is 3.52. The second-order valence-electron chi connectivity index (χ2n) is 5.89. The topological polar surface area (TPSA) is 58.6 Å². The minimum absolute atomic E-state index is 0.205. The molecule has 0 unspecified atom stereocenters. The van der Waals surface area contributed by atoms with Crippen LogP contribution in [0.4, 0.5) is 5.69 Å². The van der Waals surface area contributed by atoms with Crippen LogP contribution >= 0.6 is 11.3 Å². The van der Waals surface area contributed by atoms with Crippen molar-refractivity contribution in [1.82, 2.24) is 4.90 Å². The molecular weight excluding hydrogens is 336 g/mol. The number of ether oxygens (including phenoxy) is 1. The minimum Gasteiger partial charge on any atom is -0.494 e. The van der Waals surface area contributed by atoms with E-state index in [0.29, 0.717) is 29.3 Å². The van der Waals surface area contributed by atoms with Gasteiger partial charge in [-0.1, -0.05) is 12.1 Å². The molecule has 0 radical (unpaired) electrons. The van der Waals surface area contributed by atoms with Crippen molar-refractivity contribution in [3.05, 3.63) is 52.4 Å². The minimum atomic E-state index is -0.301. The number of anilines is 1. The Labute approximate surface area is 150 Å². The molecule has 0 bridgehead atoms. The standard InChI is InChI=1S/C19H20N2O3S/c1-4-24-14-8-5-7-13(11-14)20-17-16(15-9-6-10-25-15)18(22)21(12(2)3)19(17)23/h5-12,20H,4H2,1-3H3. The molecule has 3 rings (SSSR count). The van der Waals surface area contributed by atoms with Crippen molar-refractivity contribution in [1.29, 1.82) is 0 Å². The summed E-state index contributed by atoms with van der Waals surface area (Å²) in [6.07, 6.45) is 0. The van der Waals surface area contributed by atoms with E-state index in [0.717, 1.165) is 4.88 Å². The van der Waals surface area contributed by atoms with E-state index in [9.17, 15) is 9.59 Å². The molecule has 130 valence electrons. The summed E-state index contributed by atoms with van der Waals surface area (Å²) in [5, 5.41) is 5.03. The highest BCUT2D eigenvalue weighted by molar-refractivity contribution is 7.11. The van der Waals surface area contributed by atoms with E-state index in [1.165, 1.54) is 16.2 Å². The van der Waals surface area contributed by atoms with E-state index in [2.05, 4.69) is 5.32 Å². The smallest absolute Gasteiger partial charge is 0.278 e. The van der Waals surface area contributed by atoms with Crippen LogP contribution in [0.15, 0.2) is 47.5 Å². The molecule has 0 saturated heterocycles. The third-order valence-corrected chi connectivity index (χ3v) is 4.70. The summed E-state index contributed by atoms with van der Waals surface area (Å²) in [6.45, 7) is 6.14. The lowest BCUT2D eigenvalue weighted by molar-refractivity contribution is -0.138. The second kappa shape index (κ2) is 7.11. The molecule has 1 N–H and O–H groups in total. The van der Waals surface area contributed by atoms with E-state index < -0.39 is 0 Å². The molecule has 1 aromatic heterocycles. The normalized spacial score (nSPS) is 14.6. The number of thiophene rings is 1. The molecule has 0 spiro atoms. The van der Waals surface area contributed by atoms with Gasteiger partial charge >= 0.3 is 0 Å². The molecule has 1 aromatic carbocycles. The van der Waals surface area contributed by atoms with Crippen molar-refractivity contribution in [2.75, 3.05) is 11.9 Å². The van der Waals surface area contributed by atoms with Crippen molar-refractivity contribution in [3.63, 3.8) is 0 Å². The van der Waals surface area contributed by atoms with Crippen LogP contribution in [-0.4, -0.2) is 29.4 Å². The molecule has 6 heteroatoms. The van der Waals surface area contributed by atoms with Gasteiger partial charge in [0.1, 0.15) is 11.4 Å². The predicted molar refractivity (Wildman–Crippen MR) is 99.5 cm³/mol. The fourth-order valence-electron chi connectivity index (χ4n) is 2.76. The first kappa shape index (κ1) is 17.2. The van der Waals surface area contributed by atoms with Crippen molar-refractivity contribution in [2.24, 2.45) is 0 Å². The average molecular weight is 356 g/mol. The Bertz CT molecular complexity index is 825. The van der Waals surface area contributed by atoms with Gasteiger partial charge in [0.2, 0.25) is 0 Å². The SMILES string of the molecule is CCOc1cccc(NC2=C(c3cccs3)C(=O)N(C(C)C)C2=O)c1. The third-order valence-electron chi connectivity index (χ3n) is 3.81. The number of imide groups is 1. The van der Waals surface area contributed by atoms with Gasteiger partial charge in [-0.05, 0) is 44.4 Å². The zero-order valence-corrected chi connectivity index (χ0v) is 15.2. The fraction of sp³-hybridized carbons (Fsp3) is 0.263. The Morgan fingerprint density at radius 1 is 1.16 bits per heavy atom. The van der Waals surface area contributed by atoms with E-state index in [4.69, 9.17) is 4.74 Å². The number of hydrogen-bond acceptors (Lipinski definition) is 5. The van der Waals surface area contributed by atoms with Crippen LogP contribution in [0, 0.1) is 0 Å². The highest BCUT2D eigenvalue weighted by atomic mass is 32.1. The Balaban J connectivity index is 2.02. The quantitative estimate of drug-likeness (QED) is 0.801. The Morgan fingerprint density at radius 3 is 2.60 bits per heavy atom. The monoisotopic (exact) mass is 356 g/mol. The number of benzene rings is 1. The maximum Gasteiger partial charge on any atom is 0.278 e. The van der Waals surface area contributed by atoms with Crippen LogP contribution in [0.25, 0.3) is 5.57 Å². The lowest BCUT2D eigenvalue weighted by atomic mass is 10.2. The molecule has 1 aliphatic heterocycles. The largest absolute Gasteiger partial charge is 0.494 e. The Hall–Kier alpha value is -2.60. The third kappa shape index (κ3) is 3.30. The molecule has 0 atom stereocenters. The van der Waals surface area contributed by atoms with Gasteiger partial charge in [0, 0.05) is 22.7 Å². The van der Waals surface area contributed by atoms with Gasteiger partial charge in [0.15, 0.2) is 0 Å². The summed E-state index contributed by atoms with van der Waals surface area (Å²) in [6, 6.07) is 10.9. The predicted octanol–water partition coefficient (Wildman–Crippen LogP) is 3.75. The van der Waals surface area contributed by atoms with Gasteiger partial charge in [-0.15, -0.1) is 11.3 Å². The van der Waals surface area contributed by atoms with E-state index in [1.807, 2.05) is 62.5 Å². The van der Waals surface area contributed by atoms with Gasteiger partial charge in [-0.3, -0.25) is 14.5 Å². The number of rotatable bonds is 6. The average Bonchev–Trinajstić information content (AvgIpc) is 3.15. The molecule has 0 saturated carbocycles. The molecular formula is C19H20N2O3S. The van der Waals surface area contributed by atoms with Crippen molar-refractivity contribution in [3.8, 4) is 5.75 Å². The maximum atomic E-state index is 12.8. The molecule has 1 aliphatic rings. The Kier molecular flexibility index (Phi) is 4.90. The number of hydrogen-bond donors (Lipinski definition) is 1. The van der Waals surface area contributed by atoms with Crippen molar-refractivity contribution in [2.45, 2.75) is 26.8 Å². The number of carbonyl (C=O) groups excluding carboxylic acids is 2. The van der Waals surface area contributed by atoms with Crippen LogP contribution in [0.1, 0.15) is 25.6 Å². The first-order valence-corrected chi connectivity index (χ1v) is 9.06. The summed E-state index contributed by atoms with van der Waals surface area (Å²) in [5.41, 5.74) is 1.45. The van der Waals surface area contributed by atoms with Crippen LogP contribution in [-0.2, 0) is 9.59 Å². The first-order valence-electron chi connectivity index (χ1n) is 8.18. The van der Waals surface area contributed by atoms with Gasteiger partial charge in [0.05, 0.1) is 12.2 Å². The summed E-state index contributed by atoms with van der Waals surface area (Å²) < 4.78 is 5.50. The molecule has 5 nitrogen and oxygen atoms in total. The maximum absolute atomic E-state index is 12.8. The summed E-state index contributed by atoms with van der Waals surface area (Å²) in [7, 11) is 0. The molecule has 0 aliphatic carbocycles. The van der Waals surface area contributed by atoms with Crippen molar-refractivity contribution >= 4 is 34.4 Å². The first-order chi connectivity index (χ1) is 12.0. The molecule has 2 amide bonds. The number of carbonyl (C=O) groups is 2. The number of nitrogens with zero attached hydrogens (tertiary/aromatic N) is 1. The Morgan fingerprint density at radius 2 is 1.96 bits per heavy atom. The summed E-state index contributed by atoms with van der Waals surface area (Å²) in [4.78, 5) is 27.7. The lowest BCUT2D eigenvalue weighted by Crippen LogP contribution is -2.38. The van der Waals surface area contributed by atoms with Crippen LogP contribution in [0.5, 0.6) is 5.75 Å². The van der Waals surface area contributed by atoms with E-state index >= 15 is 0 Å². The van der Waals surface area contributed by atoms with Crippen LogP contribution in [0.3, 0.4) is 0 Å². The number of amides is 2. The van der Waals surface area contributed by atoms with Gasteiger partial charge in [0.25, 0.3) is 11.8 Å². The molecule has 2 heterocycles. The number of nitrogens with one attached hydrogen (secondary N) is 1. The summed E-state index contributed by atoms with van der Waals surface area (Å²) in [5.74, 6) is 0.152. The lowest BCUT2D eigenvalue weighted by Gasteiger charge is -2.19. The van der Waals surface area contributed by atoms with Gasteiger partial charge in [-0.25, -0.2) is 0 Å².